The van der Waals surface area contributed by atoms with E-state index in [1.165, 1.54) is 30.0 Å². The van der Waals surface area contributed by atoms with E-state index in [4.69, 9.17) is 30.0 Å². The molecular formula is C22H29FN7O7P. The molecule has 1 aliphatic rings. The monoisotopic (exact) mass is 553 g/mol. The van der Waals surface area contributed by atoms with Crippen molar-refractivity contribution in [3.05, 3.63) is 36.7 Å². The van der Waals surface area contributed by atoms with Gasteiger partial charge >= 0.3 is 13.7 Å². The standard InChI is InChI=1S/C22H29FN7O7P/c1-11(2)35-21(32)12(3)29-38(33,37-13-7-5-4-6-8-13)34-9-14-17(31)15(23)20(36-14)30-10-26-16-18(24)27-22(25)28-19(16)30/h4-8,10-12,14-15,17,20,31H,9H2,1-3H3,(H,29,33)(H4,24,25,27,28)/t12-,14+,15+,17+,20+,38-/m0/s1. The number of benzene rings is 1. The molecule has 2 aromatic heterocycles. The van der Waals surface area contributed by atoms with Crippen molar-refractivity contribution in [1.82, 2.24) is 24.6 Å². The Morgan fingerprint density at radius 2 is 1.97 bits per heavy atom. The fourth-order valence-electron chi connectivity index (χ4n) is 3.71. The molecule has 3 heterocycles. The van der Waals surface area contributed by atoms with Crippen LogP contribution in [0.4, 0.5) is 16.2 Å². The molecule has 16 heteroatoms. The summed E-state index contributed by atoms with van der Waals surface area (Å²) in [5.74, 6) is -0.660. The summed E-state index contributed by atoms with van der Waals surface area (Å²) in [5, 5.41) is 13.1. The van der Waals surface area contributed by atoms with Crippen LogP contribution in [0.5, 0.6) is 5.75 Å². The molecule has 1 fully saturated rings. The van der Waals surface area contributed by atoms with E-state index in [1.54, 1.807) is 32.0 Å². The number of rotatable bonds is 10. The van der Waals surface area contributed by atoms with Gasteiger partial charge in [0, 0.05) is 0 Å². The van der Waals surface area contributed by atoms with Crippen LogP contribution < -0.4 is 21.1 Å². The Balaban J connectivity index is 1.51. The van der Waals surface area contributed by atoms with Crippen molar-refractivity contribution in [3.8, 4) is 5.75 Å². The van der Waals surface area contributed by atoms with E-state index in [0.717, 1.165) is 0 Å². The molecule has 206 valence electrons. The maximum atomic E-state index is 15.2. The third-order valence-corrected chi connectivity index (χ3v) is 7.11. The molecule has 1 aromatic carbocycles. The number of aliphatic hydroxyl groups is 1. The highest BCUT2D eigenvalue weighted by Crippen LogP contribution is 2.46. The molecule has 0 unspecified atom stereocenters. The van der Waals surface area contributed by atoms with Crippen molar-refractivity contribution in [1.29, 1.82) is 0 Å². The molecule has 38 heavy (non-hydrogen) atoms. The van der Waals surface area contributed by atoms with Gasteiger partial charge in [-0.15, -0.1) is 0 Å². The van der Waals surface area contributed by atoms with Crippen LogP contribution in [0.1, 0.15) is 27.0 Å². The first kappa shape index (κ1) is 27.7. The van der Waals surface area contributed by atoms with Gasteiger partial charge in [0.1, 0.15) is 29.5 Å². The number of carbonyl (C=O) groups is 1. The zero-order valence-electron chi connectivity index (χ0n) is 20.8. The number of nitrogens with two attached hydrogens (primary N) is 2. The van der Waals surface area contributed by atoms with Crippen LogP contribution in [0, 0.1) is 0 Å². The number of nitrogens with zero attached hydrogens (tertiary/aromatic N) is 4. The van der Waals surface area contributed by atoms with E-state index in [2.05, 4.69) is 20.0 Å². The smallest absolute Gasteiger partial charge is 0.459 e. The summed E-state index contributed by atoms with van der Waals surface area (Å²) in [6.45, 7) is 4.20. The SMILES string of the molecule is CC(C)OC(=O)[C@H](C)N[P@](=O)(OC[C@H]1O[C@@H](n2cnc3c(N)nc(N)nc32)[C@H](F)[C@@H]1O)Oc1ccccc1. The summed E-state index contributed by atoms with van der Waals surface area (Å²) >= 11 is 0. The van der Waals surface area contributed by atoms with E-state index in [-0.39, 0.29) is 28.7 Å². The minimum Gasteiger partial charge on any atom is -0.462 e. The molecule has 1 aliphatic heterocycles. The van der Waals surface area contributed by atoms with Gasteiger partial charge in [-0.1, -0.05) is 18.2 Å². The zero-order chi connectivity index (χ0) is 27.6. The number of esters is 1. The first-order valence-electron chi connectivity index (χ1n) is 11.7. The number of nitrogen functional groups attached to an aromatic ring is 2. The number of aliphatic hydroxyl groups excluding tert-OH is 1. The number of nitrogens with one attached hydrogen (secondary N) is 1. The zero-order valence-corrected chi connectivity index (χ0v) is 21.7. The van der Waals surface area contributed by atoms with E-state index in [1.807, 2.05) is 0 Å². The first-order chi connectivity index (χ1) is 18.0. The second kappa shape index (κ2) is 11.2. The lowest BCUT2D eigenvalue weighted by Gasteiger charge is -2.25. The summed E-state index contributed by atoms with van der Waals surface area (Å²) in [6, 6.07) is 7.01. The van der Waals surface area contributed by atoms with E-state index in [9.17, 15) is 14.5 Å². The van der Waals surface area contributed by atoms with Crippen molar-refractivity contribution in [3.63, 3.8) is 0 Å². The summed E-state index contributed by atoms with van der Waals surface area (Å²) in [6.07, 6.45) is -5.45. The highest BCUT2D eigenvalue weighted by atomic mass is 31.2. The number of hydrogen-bond donors (Lipinski definition) is 4. The maximum Gasteiger partial charge on any atom is 0.459 e. The lowest BCUT2D eigenvalue weighted by molar-refractivity contribution is -0.149. The van der Waals surface area contributed by atoms with Crippen molar-refractivity contribution in [2.45, 2.75) is 57.5 Å². The Hall–Kier alpha value is -3.36. The van der Waals surface area contributed by atoms with Gasteiger partial charge in [-0.3, -0.25) is 13.9 Å². The summed E-state index contributed by atoms with van der Waals surface area (Å²) in [7, 11) is -4.26. The number of para-hydroxylation sites is 1. The van der Waals surface area contributed by atoms with E-state index >= 15 is 4.39 Å². The molecule has 6 atom stereocenters. The Bertz CT molecular complexity index is 1330. The van der Waals surface area contributed by atoms with Gasteiger partial charge in [0.25, 0.3) is 0 Å². The van der Waals surface area contributed by atoms with Gasteiger partial charge in [0.2, 0.25) is 5.95 Å². The molecule has 14 nitrogen and oxygen atoms in total. The Morgan fingerprint density at radius 3 is 2.66 bits per heavy atom. The van der Waals surface area contributed by atoms with Crippen molar-refractivity contribution >= 4 is 36.6 Å². The van der Waals surface area contributed by atoms with Gasteiger partial charge in [-0.2, -0.15) is 15.1 Å². The average Bonchev–Trinajstić information content (AvgIpc) is 3.39. The van der Waals surface area contributed by atoms with Gasteiger partial charge in [-0.25, -0.2) is 13.9 Å². The number of ether oxygens (including phenoxy) is 2. The topological polar surface area (TPSA) is 199 Å². The quantitative estimate of drug-likeness (QED) is 0.209. The Labute approximate surface area is 217 Å². The molecule has 4 rings (SSSR count). The molecular weight excluding hydrogens is 524 g/mol. The maximum absolute atomic E-state index is 15.2. The molecule has 0 amide bonds. The minimum atomic E-state index is -4.26. The number of carbonyl (C=O) groups excluding carboxylic acids is 1. The van der Waals surface area contributed by atoms with Crippen LogP contribution in [0.25, 0.3) is 11.2 Å². The largest absolute Gasteiger partial charge is 0.462 e. The van der Waals surface area contributed by atoms with Crippen LogP contribution in [-0.4, -0.2) is 67.7 Å². The number of halogens is 1. The lowest BCUT2D eigenvalue weighted by atomic mass is 10.1. The van der Waals surface area contributed by atoms with Crippen LogP contribution in [0.2, 0.25) is 0 Å². The van der Waals surface area contributed by atoms with Crippen LogP contribution >= 0.6 is 7.75 Å². The number of aromatic nitrogens is 4. The van der Waals surface area contributed by atoms with Crippen molar-refractivity contribution in [2.75, 3.05) is 18.1 Å². The molecule has 0 saturated carbocycles. The fourth-order valence-corrected chi connectivity index (χ4v) is 5.22. The van der Waals surface area contributed by atoms with Crippen LogP contribution in [-0.2, 0) is 23.4 Å². The number of fused-ring (bicyclic) bond motifs is 1. The predicted molar refractivity (Wildman–Crippen MR) is 133 cm³/mol. The molecule has 6 N–H and O–H groups in total. The molecule has 0 spiro atoms. The summed E-state index contributed by atoms with van der Waals surface area (Å²) in [5.41, 5.74) is 11.7. The summed E-state index contributed by atoms with van der Waals surface area (Å²) < 4.78 is 51.9. The van der Waals surface area contributed by atoms with Gasteiger partial charge in [0.05, 0.1) is 19.0 Å². The van der Waals surface area contributed by atoms with E-state index in [0.29, 0.717) is 0 Å². The van der Waals surface area contributed by atoms with Gasteiger partial charge in [0.15, 0.2) is 23.9 Å². The highest BCUT2D eigenvalue weighted by molar-refractivity contribution is 7.52. The number of imidazole rings is 1. The van der Waals surface area contributed by atoms with Crippen LogP contribution in [0.3, 0.4) is 0 Å². The molecule has 0 radical (unpaired) electrons. The minimum absolute atomic E-state index is 0.00438. The lowest BCUT2D eigenvalue weighted by Crippen LogP contribution is -2.37. The third kappa shape index (κ3) is 6.03. The second-order valence-electron chi connectivity index (χ2n) is 8.83. The molecule has 0 bridgehead atoms. The molecule has 1 saturated heterocycles. The Kier molecular flexibility index (Phi) is 8.13. The molecule has 0 aliphatic carbocycles. The van der Waals surface area contributed by atoms with Gasteiger partial charge in [-0.05, 0) is 32.9 Å². The summed E-state index contributed by atoms with van der Waals surface area (Å²) in [4.78, 5) is 24.2. The van der Waals surface area contributed by atoms with Crippen molar-refractivity contribution in [2.24, 2.45) is 0 Å². The Morgan fingerprint density at radius 1 is 1.26 bits per heavy atom. The van der Waals surface area contributed by atoms with Crippen LogP contribution in [0.15, 0.2) is 36.7 Å². The number of alkyl halides is 1. The second-order valence-corrected chi connectivity index (χ2v) is 10.5. The average molecular weight is 553 g/mol. The van der Waals surface area contributed by atoms with E-state index < -0.39 is 57.1 Å². The highest BCUT2D eigenvalue weighted by Gasteiger charge is 2.47. The normalized spacial score (nSPS) is 23.8. The first-order valence-corrected chi connectivity index (χ1v) is 13.2. The number of hydrogen-bond acceptors (Lipinski definition) is 12. The third-order valence-electron chi connectivity index (χ3n) is 5.47. The van der Waals surface area contributed by atoms with Crippen molar-refractivity contribution < 1.29 is 37.4 Å². The van der Waals surface area contributed by atoms with Gasteiger partial charge < -0.3 is 30.6 Å². The predicted octanol–water partition coefficient (Wildman–Crippen LogP) is 1.72. The molecule has 3 aromatic rings. The fraction of sp³-hybridized carbons (Fsp3) is 0.455. The number of anilines is 2.